The van der Waals surface area contributed by atoms with Crippen LogP contribution in [0, 0.1) is 11.3 Å². The highest BCUT2D eigenvalue weighted by molar-refractivity contribution is 6.02. The summed E-state index contributed by atoms with van der Waals surface area (Å²) in [6, 6.07) is 9.54. The summed E-state index contributed by atoms with van der Waals surface area (Å²) in [4.78, 5) is 12.3. The molecule has 0 saturated carbocycles. The highest BCUT2D eigenvalue weighted by Gasteiger charge is 2.23. The van der Waals surface area contributed by atoms with E-state index in [1.54, 1.807) is 0 Å². The Hall–Kier alpha value is -2.04. The summed E-state index contributed by atoms with van der Waals surface area (Å²) in [7, 11) is 0. The van der Waals surface area contributed by atoms with Gasteiger partial charge in [-0.3, -0.25) is 4.79 Å². The third-order valence-corrected chi connectivity index (χ3v) is 3.25. The Morgan fingerprint density at radius 3 is 2.48 bits per heavy atom. The molecule has 0 heterocycles. The van der Waals surface area contributed by atoms with Crippen molar-refractivity contribution in [1.29, 1.82) is 0 Å². The standard InChI is InChI=1S/C16H25N3O2/c1-16(2,3)9-10-18-15(20)13(14(17)19-21)11-12-7-5-4-6-8-12/h4-8,13,21H,9-11H2,1-3H3,(H2,17,19)(H,18,20). The zero-order chi connectivity index (χ0) is 15.9. The predicted molar refractivity (Wildman–Crippen MR) is 84.1 cm³/mol. The lowest BCUT2D eigenvalue weighted by Gasteiger charge is -2.20. The molecule has 1 amide bonds. The molecule has 5 heteroatoms. The van der Waals surface area contributed by atoms with Crippen molar-refractivity contribution in [3.63, 3.8) is 0 Å². The van der Waals surface area contributed by atoms with Crippen LogP contribution in [0.3, 0.4) is 0 Å². The number of nitrogens with zero attached hydrogens (tertiary/aromatic N) is 1. The second-order valence-corrected chi connectivity index (χ2v) is 6.37. The molecule has 116 valence electrons. The first-order chi connectivity index (χ1) is 9.83. The molecule has 1 rings (SSSR count). The van der Waals surface area contributed by atoms with Gasteiger partial charge in [0.2, 0.25) is 5.91 Å². The van der Waals surface area contributed by atoms with E-state index in [-0.39, 0.29) is 17.2 Å². The summed E-state index contributed by atoms with van der Waals surface area (Å²) < 4.78 is 0. The number of carbonyl (C=O) groups excluding carboxylic acids is 1. The fourth-order valence-electron chi connectivity index (χ4n) is 1.93. The van der Waals surface area contributed by atoms with E-state index in [4.69, 9.17) is 10.9 Å². The minimum atomic E-state index is -0.655. The van der Waals surface area contributed by atoms with Crippen LogP contribution in [0.15, 0.2) is 35.5 Å². The normalized spacial score (nSPS) is 13.8. The molecule has 0 saturated heterocycles. The van der Waals surface area contributed by atoms with Gasteiger partial charge in [0, 0.05) is 6.54 Å². The minimum absolute atomic E-state index is 0.0629. The lowest BCUT2D eigenvalue weighted by atomic mass is 9.92. The zero-order valence-electron chi connectivity index (χ0n) is 13.0. The number of benzene rings is 1. The number of hydrogen-bond acceptors (Lipinski definition) is 3. The van der Waals surface area contributed by atoms with Crippen LogP contribution in [0.1, 0.15) is 32.8 Å². The maximum absolute atomic E-state index is 12.3. The van der Waals surface area contributed by atoms with Crippen LogP contribution >= 0.6 is 0 Å². The lowest BCUT2D eigenvalue weighted by molar-refractivity contribution is -0.123. The summed E-state index contributed by atoms with van der Waals surface area (Å²) in [5.74, 6) is -0.928. The van der Waals surface area contributed by atoms with Gasteiger partial charge in [-0.05, 0) is 23.8 Å². The highest BCUT2D eigenvalue weighted by atomic mass is 16.4. The van der Waals surface area contributed by atoms with Crippen LogP contribution in [0.5, 0.6) is 0 Å². The molecule has 0 aliphatic rings. The molecule has 0 bridgehead atoms. The number of rotatable bonds is 6. The first-order valence-electron chi connectivity index (χ1n) is 7.12. The molecule has 1 aromatic carbocycles. The predicted octanol–water partition coefficient (Wildman–Crippen LogP) is 2.14. The second kappa shape index (κ2) is 7.67. The second-order valence-electron chi connectivity index (χ2n) is 6.37. The highest BCUT2D eigenvalue weighted by Crippen LogP contribution is 2.17. The van der Waals surface area contributed by atoms with Crippen molar-refractivity contribution in [3.05, 3.63) is 35.9 Å². The lowest BCUT2D eigenvalue weighted by Crippen LogP contribution is -2.41. The third kappa shape index (κ3) is 6.29. The molecule has 0 radical (unpaired) electrons. The number of nitrogens with two attached hydrogens (primary N) is 1. The van der Waals surface area contributed by atoms with Gasteiger partial charge in [-0.1, -0.05) is 56.3 Å². The van der Waals surface area contributed by atoms with Crippen molar-refractivity contribution in [2.45, 2.75) is 33.6 Å². The molecule has 0 aromatic heterocycles. The summed E-state index contributed by atoms with van der Waals surface area (Å²) >= 11 is 0. The minimum Gasteiger partial charge on any atom is -0.409 e. The molecule has 1 aromatic rings. The molecule has 0 spiro atoms. The molecule has 1 unspecified atom stereocenters. The van der Waals surface area contributed by atoms with Gasteiger partial charge < -0.3 is 16.3 Å². The van der Waals surface area contributed by atoms with Gasteiger partial charge in [0.25, 0.3) is 0 Å². The number of nitrogens with one attached hydrogen (secondary N) is 1. The Morgan fingerprint density at radius 2 is 1.95 bits per heavy atom. The fourth-order valence-corrected chi connectivity index (χ4v) is 1.93. The molecule has 0 fully saturated rings. The van der Waals surface area contributed by atoms with E-state index in [1.165, 1.54) is 0 Å². The molecule has 1 atom stereocenters. The third-order valence-electron chi connectivity index (χ3n) is 3.25. The Labute approximate surface area is 126 Å². The van der Waals surface area contributed by atoms with E-state index >= 15 is 0 Å². The average Bonchev–Trinajstić information content (AvgIpc) is 2.43. The van der Waals surface area contributed by atoms with Crippen LogP contribution in [-0.4, -0.2) is 23.5 Å². The summed E-state index contributed by atoms with van der Waals surface area (Å²) in [6.07, 6.45) is 1.28. The Morgan fingerprint density at radius 1 is 1.33 bits per heavy atom. The van der Waals surface area contributed by atoms with Gasteiger partial charge in [-0.2, -0.15) is 0 Å². The monoisotopic (exact) mass is 291 g/mol. The molecule has 4 N–H and O–H groups in total. The number of amides is 1. The van der Waals surface area contributed by atoms with E-state index in [9.17, 15) is 4.79 Å². The van der Waals surface area contributed by atoms with Crippen molar-refractivity contribution < 1.29 is 10.0 Å². The van der Waals surface area contributed by atoms with Gasteiger partial charge in [0.05, 0.1) is 0 Å². The van der Waals surface area contributed by atoms with E-state index in [0.29, 0.717) is 13.0 Å². The van der Waals surface area contributed by atoms with Crippen molar-refractivity contribution in [1.82, 2.24) is 5.32 Å². The Balaban J connectivity index is 2.67. The van der Waals surface area contributed by atoms with Gasteiger partial charge in [0.15, 0.2) is 5.84 Å². The van der Waals surface area contributed by atoms with Crippen molar-refractivity contribution in [2.24, 2.45) is 22.2 Å². The van der Waals surface area contributed by atoms with E-state index < -0.39 is 5.92 Å². The van der Waals surface area contributed by atoms with Crippen LogP contribution < -0.4 is 11.1 Å². The van der Waals surface area contributed by atoms with E-state index in [1.807, 2.05) is 30.3 Å². The Bertz CT molecular complexity index is 478. The maximum atomic E-state index is 12.3. The van der Waals surface area contributed by atoms with Gasteiger partial charge in [-0.25, -0.2) is 0 Å². The van der Waals surface area contributed by atoms with Gasteiger partial charge in [-0.15, -0.1) is 0 Å². The smallest absolute Gasteiger partial charge is 0.231 e. The van der Waals surface area contributed by atoms with Gasteiger partial charge in [0.1, 0.15) is 5.92 Å². The number of oxime groups is 1. The zero-order valence-corrected chi connectivity index (χ0v) is 13.0. The first kappa shape index (κ1) is 17.0. The topological polar surface area (TPSA) is 87.7 Å². The number of hydrogen-bond donors (Lipinski definition) is 3. The fraction of sp³-hybridized carbons (Fsp3) is 0.500. The largest absolute Gasteiger partial charge is 0.409 e. The van der Waals surface area contributed by atoms with Crippen molar-refractivity contribution in [3.8, 4) is 0 Å². The molecule has 0 aliphatic carbocycles. The summed E-state index contributed by atoms with van der Waals surface area (Å²) in [6.45, 7) is 6.92. The first-order valence-corrected chi connectivity index (χ1v) is 7.12. The van der Waals surface area contributed by atoms with Crippen LogP contribution in [0.2, 0.25) is 0 Å². The van der Waals surface area contributed by atoms with Crippen molar-refractivity contribution in [2.75, 3.05) is 6.54 Å². The number of amidine groups is 1. The van der Waals surface area contributed by atoms with Crippen LogP contribution in [0.4, 0.5) is 0 Å². The molecular formula is C16H25N3O2. The summed E-state index contributed by atoms with van der Waals surface area (Å²) in [5.41, 5.74) is 6.79. The average molecular weight is 291 g/mol. The maximum Gasteiger partial charge on any atom is 0.231 e. The molecular weight excluding hydrogens is 266 g/mol. The summed E-state index contributed by atoms with van der Waals surface area (Å²) in [5, 5.41) is 14.7. The SMILES string of the molecule is CC(C)(C)CCNC(=O)C(Cc1ccccc1)/C(N)=N/O. The van der Waals surface area contributed by atoms with E-state index in [0.717, 1.165) is 12.0 Å². The van der Waals surface area contributed by atoms with E-state index in [2.05, 4.69) is 31.2 Å². The van der Waals surface area contributed by atoms with Gasteiger partial charge >= 0.3 is 0 Å². The van der Waals surface area contributed by atoms with Crippen LogP contribution in [0.25, 0.3) is 0 Å². The quantitative estimate of drug-likeness (QED) is 0.325. The molecule has 21 heavy (non-hydrogen) atoms. The van der Waals surface area contributed by atoms with Crippen LogP contribution in [-0.2, 0) is 11.2 Å². The Kier molecular flexibility index (Phi) is 6.21. The number of carbonyl (C=O) groups is 1. The molecule has 5 nitrogen and oxygen atoms in total. The van der Waals surface area contributed by atoms with Crippen molar-refractivity contribution >= 4 is 11.7 Å². The molecule has 0 aliphatic heterocycles.